The third-order valence-electron chi connectivity index (χ3n) is 5.85. The van der Waals surface area contributed by atoms with Crippen LogP contribution in [0.5, 0.6) is 0 Å². The maximum atomic E-state index is 12.8. The van der Waals surface area contributed by atoms with Crippen LogP contribution in [0.1, 0.15) is 35.7 Å². The largest absolute Gasteiger partial charge is 0.454 e. The number of piperidine rings is 1. The Bertz CT molecular complexity index is 1140. The van der Waals surface area contributed by atoms with Gasteiger partial charge in [0.05, 0.1) is 16.2 Å². The van der Waals surface area contributed by atoms with Gasteiger partial charge in [0.1, 0.15) is 11.6 Å². The molecule has 2 aromatic carbocycles. The smallest absolute Gasteiger partial charge is 0.340 e. The molecule has 0 amide bonds. The number of rotatable bonds is 8. The Kier molecular flexibility index (Phi) is 7.98. The number of hydrogen-bond donors (Lipinski definition) is 1. The number of ether oxygens (including phenoxy) is 1. The zero-order valence-corrected chi connectivity index (χ0v) is 18.9. The van der Waals surface area contributed by atoms with Gasteiger partial charge in [0.2, 0.25) is 5.78 Å². The van der Waals surface area contributed by atoms with Gasteiger partial charge < -0.3 is 15.4 Å². The van der Waals surface area contributed by atoms with Crippen LogP contribution in [0.3, 0.4) is 0 Å². The minimum Gasteiger partial charge on any atom is -0.454 e. The Morgan fingerprint density at radius 2 is 1.88 bits per heavy atom. The number of nitriles is 1. The SMILES string of the molecule is C/C(N)=C(/C#N)C(=O)COC(=O)c1cc([N+](=O)[O-])ccc1N1CCC(Cc2ccccc2)CC1. The minimum atomic E-state index is -0.870. The fourth-order valence-electron chi connectivity index (χ4n) is 4.05. The first kappa shape index (κ1) is 24.5. The molecule has 2 aromatic rings. The molecule has 0 aromatic heterocycles. The van der Waals surface area contributed by atoms with Gasteiger partial charge in [-0.15, -0.1) is 0 Å². The number of carbonyl (C=O) groups is 2. The predicted molar refractivity (Wildman–Crippen MR) is 126 cm³/mol. The summed E-state index contributed by atoms with van der Waals surface area (Å²) in [6.45, 7) is 2.08. The number of nitrogens with two attached hydrogens (primary N) is 1. The molecule has 176 valence electrons. The molecule has 1 aliphatic rings. The van der Waals surface area contributed by atoms with E-state index in [9.17, 15) is 19.7 Å². The maximum absolute atomic E-state index is 12.8. The van der Waals surface area contributed by atoms with E-state index in [0.717, 1.165) is 25.3 Å². The van der Waals surface area contributed by atoms with Gasteiger partial charge in [-0.25, -0.2) is 4.79 Å². The van der Waals surface area contributed by atoms with Crippen molar-refractivity contribution in [3.8, 4) is 6.07 Å². The van der Waals surface area contributed by atoms with E-state index in [2.05, 4.69) is 12.1 Å². The third kappa shape index (κ3) is 5.98. The molecular formula is C25H26N4O5. The molecule has 1 saturated heterocycles. The van der Waals surface area contributed by atoms with Crippen molar-refractivity contribution in [3.63, 3.8) is 0 Å². The first-order chi connectivity index (χ1) is 16.3. The predicted octanol–water partition coefficient (Wildman–Crippen LogP) is 3.54. The number of ketones is 1. The van der Waals surface area contributed by atoms with Crippen LogP contribution in [0.15, 0.2) is 59.8 Å². The molecule has 0 radical (unpaired) electrons. The van der Waals surface area contributed by atoms with Crippen molar-refractivity contribution in [1.82, 2.24) is 0 Å². The molecule has 1 heterocycles. The van der Waals surface area contributed by atoms with Crippen molar-refractivity contribution in [3.05, 3.63) is 81.0 Å². The second-order valence-electron chi connectivity index (χ2n) is 8.25. The molecule has 0 aliphatic carbocycles. The monoisotopic (exact) mass is 462 g/mol. The highest BCUT2D eigenvalue weighted by molar-refractivity contribution is 6.03. The van der Waals surface area contributed by atoms with E-state index in [1.54, 1.807) is 12.1 Å². The number of Topliss-reactive ketones (excluding diaryl/α,β-unsaturated/α-hetero) is 1. The molecule has 1 aliphatic heterocycles. The van der Waals surface area contributed by atoms with Gasteiger partial charge in [0, 0.05) is 30.9 Å². The summed E-state index contributed by atoms with van der Waals surface area (Å²) < 4.78 is 5.11. The van der Waals surface area contributed by atoms with Crippen LogP contribution in [-0.4, -0.2) is 36.4 Å². The van der Waals surface area contributed by atoms with Crippen molar-refractivity contribution in [2.45, 2.75) is 26.2 Å². The summed E-state index contributed by atoms with van der Waals surface area (Å²) in [4.78, 5) is 37.7. The van der Waals surface area contributed by atoms with Gasteiger partial charge >= 0.3 is 5.97 Å². The summed E-state index contributed by atoms with van der Waals surface area (Å²) in [5.41, 5.74) is 6.81. The van der Waals surface area contributed by atoms with Gasteiger partial charge in [-0.3, -0.25) is 14.9 Å². The summed E-state index contributed by atoms with van der Waals surface area (Å²) >= 11 is 0. The van der Waals surface area contributed by atoms with E-state index in [-0.39, 0.29) is 22.5 Å². The van der Waals surface area contributed by atoms with Crippen molar-refractivity contribution in [2.75, 3.05) is 24.6 Å². The van der Waals surface area contributed by atoms with E-state index >= 15 is 0 Å². The van der Waals surface area contributed by atoms with E-state index < -0.39 is 23.3 Å². The topological polar surface area (TPSA) is 140 Å². The van der Waals surface area contributed by atoms with Crippen LogP contribution in [0, 0.1) is 27.4 Å². The summed E-state index contributed by atoms with van der Waals surface area (Å²) in [7, 11) is 0. The second kappa shape index (κ2) is 11.1. The van der Waals surface area contributed by atoms with Gasteiger partial charge in [0.15, 0.2) is 6.61 Å². The highest BCUT2D eigenvalue weighted by atomic mass is 16.6. The molecule has 3 rings (SSSR count). The number of benzene rings is 2. The van der Waals surface area contributed by atoms with Crippen molar-refractivity contribution >= 4 is 23.1 Å². The van der Waals surface area contributed by atoms with E-state index in [4.69, 9.17) is 15.7 Å². The molecular weight excluding hydrogens is 436 g/mol. The first-order valence-electron chi connectivity index (χ1n) is 10.9. The van der Waals surface area contributed by atoms with Crippen LogP contribution in [0.4, 0.5) is 11.4 Å². The van der Waals surface area contributed by atoms with Crippen molar-refractivity contribution in [2.24, 2.45) is 11.7 Å². The van der Waals surface area contributed by atoms with Crippen molar-refractivity contribution in [1.29, 1.82) is 5.26 Å². The van der Waals surface area contributed by atoms with Crippen LogP contribution in [0.2, 0.25) is 0 Å². The number of hydrogen-bond acceptors (Lipinski definition) is 8. The molecule has 9 heteroatoms. The molecule has 0 bridgehead atoms. The van der Waals surface area contributed by atoms with E-state index in [1.165, 1.54) is 18.6 Å². The van der Waals surface area contributed by atoms with Gasteiger partial charge in [0.25, 0.3) is 5.69 Å². The highest BCUT2D eigenvalue weighted by Gasteiger charge is 2.26. The van der Waals surface area contributed by atoms with Crippen LogP contribution >= 0.6 is 0 Å². The normalized spacial score (nSPS) is 14.6. The fraction of sp³-hybridized carbons (Fsp3) is 0.320. The molecule has 0 spiro atoms. The standard InChI is InChI=1S/C25H26N4O5/c1-17(27)22(15-26)24(30)16-34-25(31)21-14-20(29(32)33)7-8-23(21)28-11-9-19(10-12-28)13-18-5-3-2-4-6-18/h2-8,14,19H,9-13,16,27H2,1H3/b22-17+. The summed E-state index contributed by atoms with van der Waals surface area (Å²) in [5.74, 6) is -1.10. The Labute approximate surface area is 197 Å². The number of nitro benzene ring substituents is 1. The lowest BCUT2D eigenvalue weighted by Crippen LogP contribution is -2.35. The number of esters is 1. The molecule has 9 nitrogen and oxygen atoms in total. The lowest BCUT2D eigenvalue weighted by molar-refractivity contribution is -0.384. The first-order valence-corrected chi connectivity index (χ1v) is 10.9. The summed E-state index contributed by atoms with van der Waals surface area (Å²) in [6, 6.07) is 16.0. The van der Waals surface area contributed by atoms with E-state index in [1.807, 2.05) is 23.1 Å². The van der Waals surface area contributed by atoms with E-state index in [0.29, 0.717) is 24.7 Å². The molecule has 0 atom stereocenters. The minimum absolute atomic E-state index is 0.00969. The lowest BCUT2D eigenvalue weighted by Gasteiger charge is -2.34. The van der Waals surface area contributed by atoms with Gasteiger partial charge in [-0.2, -0.15) is 5.26 Å². The number of anilines is 1. The lowest BCUT2D eigenvalue weighted by atomic mass is 9.90. The molecule has 2 N–H and O–H groups in total. The fourth-order valence-corrected chi connectivity index (χ4v) is 4.05. The summed E-state index contributed by atoms with van der Waals surface area (Å²) in [6.07, 6.45) is 2.79. The average Bonchev–Trinajstić information content (AvgIpc) is 2.83. The number of allylic oxidation sites excluding steroid dienone is 1. The Hall–Kier alpha value is -4.19. The van der Waals surface area contributed by atoms with Gasteiger partial charge in [-0.1, -0.05) is 30.3 Å². The number of carbonyl (C=O) groups excluding carboxylic acids is 2. The summed E-state index contributed by atoms with van der Waals surface area (Å²) in [5, 5.41) is 20.3. The Balaban J connectivity index is 1.74. The molecule has 34 heavy (non-hydrogen) atoms. The Morgan fingerprint density at radius 1 is 1.21 bits per heavy atom. The second-order valence-corrected chi connectivity index (χ2v) is 8.25. The highest BCUT2D eigenvalue weighted by Crippen LogP contribution is 2.31. The van der Waals surface area contributed by atoms with Crippen LogP contribution < -0.4 is 10.6 Å². The quantitative estimate of drug-likeness (QED) is 0.207. The third-order valence-corrected chi connectivity index (χ3v) is 5.85. The van der Waals surface area contributed by atoms with Crippen LogP contribution in [-0.2, 0) is 16.0 Å². The zero-order chi connectivity index (χ0) is 24.7. The van der Waals surface area contributed by atoms with Crippen LogP contribution in [0.25, 0.3) is 0 Å². The number of nitrogens with zero attached hydrogens (tertiary/aromatic N) is 3. The molecule has 0 saturated carbocycles. The average molecular weight is 463 g/mol. The Morgan fingerprint density at radius 3 is 2.47 bits per heavy atom. The zero-order valence-electron chi connectivity index (χ0n) is 18.9. The van der Waals surface area contributed by atoms with Crippen molar-refractivity contribution < 1.29 is 19.2 Å². The maximum Gasteiger partial charge on any atom is 0.340 e. The van der Waals surface area contributed by atoms with Gasteiger partial charge in [-0.05, 0) is 43.7 Å². The molecule has 1 fully saturated rings. The number of nitro groups is 1. The molecule has 0 unspecified atom stereocenters. The number of non-ortho nitro benzene ring substituents is 1.